The summed E-state index contributed by atoms with van der Waals surface area (Å²) in [6.45, 7) is 4.10. The maximum absolute atomic E-state index is 14.7. The molecule has 0 amide bonds. The zero-order chi connectivity index (χ0) is 18.6. The van der Waals surface area contributed by atoms with Crippen molar-refractivity contribution in [2.75, 3.05) is 21.2 Å². The predicted octanol–water partition coefficient (Wildman–Crippen LogP) is 2.62. The largest absolute Gasteiger partial charge is 0.378 e. The van der Waals surface area contributed by atoms with Crippen LogP contribution in [0.2, 0.25) is 0 Å². The lowest BCUT2D eigenvalue weighted by Gasteiger charge is -2.39. The van der Waals surface area contributed by atoms with Gasteiger partial charge in [-0.05, 0) is 45.1 Å². The minimum Gasteiger partial charge on any atom is -0.378 e. The summed E-state index contributed by atoms with van der Waals surface area (Å²) < 4.78 is 20.2. The summed E-state index contributed by atoms with van der Waals surface area (Å²) in [7, 11) is 5.65. The van der Waals surface area contributed by atoms with E-state index in [2.05, 4.69) is 17.8 Å². The van der Waals surface area contributed by atoms with Gasteiger partial charge in [-0.1, -0.05) is 24.6 Å². The van der Waals surface area contributed by atoms with E-state index in [1.165, 1.54) is 6.07 Å². The summed E-state index contributed by atoms with van der Waals surface area (Å²) in [6, 6.07) is 4.74. The van der Waals surface area contributed by atoms with Crippen molar-refractivity contribution >= 4 is 16.9 Å². The molecule has 25 heavy (non-hydrogen) atoms. The van der Waals surface area contributed by atoms with Crippen LogP contribution in [0.25, 0.3) is 0 Å². The van der Waals surface area contributed by atoms with Crippen molar-refractivity contribution < 1.29 is 9.13 Å². The molecule has 1 aromatic rings. The van der Waals surface area contributed by atoms with Crippen molar-refractivity contribution in [1.82, 2.24) is 4.90 Å². The molecule has 1 unspecified atom stereocenters. The molecule has 0 aromatic heterocycles. The van der Waals surface area contributed by atoms with Gasteiger partial charge in [0.15, 0.2) is 5.17 Å². The lowest BCUT2D eigenvalue weighted by Crippen LogP contribution is -2.48. The molecule has 3 rings (SSSR count). The highest BCUT2D eigenvalue weighted by molar-refractivity contribution is 8.15. The van der Waals surface area contributed by atoms with Crippen molar-refractivity contribution in [2.45, 2.75) is 30.4 Å². The van der Waals surface area contributed by atoms with Crippen LogP contribution in [-0.4, -0.2) is 42.2 Å². The van der Waals surface area contributed by atoms with E-state index in [-0.39, 0.29) is 28.6 Å². The molecule has 134 valence electrons. The standard InChI is InChI=1S/C19H24FN3OS/c1-7-12-8-9-14(20)13(10-12)18(3)15-11(2)19(15,25-17(21)22-18)16(24-6)23(4)5/h1,8-11,15-16H,2-6H3,(H2,21,22)/t11-,15-,16?,18+,19-/m0/s1. The van der Waals surface area contributed by atoms with Crippen LogP contribution in [0, 0.1) is 30.0 Å². The maximum atomic E-state index is 14.7. The monoisotopic (exact) mass is 361 g/mol. The average Bonchev–Trinajstić information content (AvgIpc) is 3.13. The molecule has 0 spiro atoms. The fourth-order valence-corrected chi connectivity index (χ4v) is 6.42. The van der Waals surface area contributed by atoms with Crippen LogP contribution in [-0.2, 0) is 10.3 Å². The Morgan fingerprint density at radius 1 is 1.48 bits per heavy atom. The van der Waals surface area contributed by atoms with Crippen molar-refractivity contribution in [2.24, 2.45) is 22.6 Å². The smallest absolute Gasteiger partial charge is 0.155 e. The molecular formula is C19H24FN3OS. The first-order valence-electron chi connectivity index (χ1n) is 8.22. The fourth-order valence-electron chi connectivity index (χ4n) is 4.60. The maximum Gasteiger partial charge on any atom is 0.155 e. The third-order valence-electron chi connectivity index (χ3n) is 5.57. The van der Waals surface area contributed by atoms with Crippen molar-refractivity contribution in [3.8, 4) is 12.3 Å². The molecule has 1 heterocycles. The summed E-state index contributed by atoms with van der Waals surface area (Å²) in [4.78, 5) is 6.73. The van der Waals surface area contributed by atoms with Gasteiger partial charge in [0.2, 0.25) is 0 Å². The van der Waals surface area contributed by atoms with Gasteiger partial charge in [-0.2, -0.15) is 0 Å². The van der Waals surface area contributed by atoms with Crippen molar-refractivity contribution in [3.63, 3.8) is 0 Å². The van der Waals surface area contributed by atoms with Gasteiger partial charge in [0.05, 0.1) is 10.3 Å². The lowest BCUT2D eigenvalue weighted by atomic mass is 9.84. The second-order valence-corrected chi connectivity index (χ2v) is 8.54. The summed E-state index contributed by atoms with van der Waals surface area (Å²) in [6.07, 6.45) is 5.36. The highest BCUT2D eigenvalue weighted by Crippen LogP contribution is 2.71. The van der Waals surface area contributed by atoms with Crippen LogP contribution in [0.1, 0.15) is 25.0 Å². The van der Waals surface area contributed by atoms with Gasteiger partial charge in [-0.3, -0.25) is 9.89 Å². The first kappa shape index (κ1) is 18.2. The van der Waals surface area contributed by atoms with E-state index in [0.29, 0.717) is 16.3 Å². The Morgan fingerprint density at radius 2 is 2.16 bits per heavy atom. The summed E-state index contributed by atoms with van der Waals surface area (Å²) >= 11 is 1.54. The molecule has 4 nitrogen and oxygen atoms in total. The Labute approximate surface area is 153 Å². The number of terminal acetylenes is 1. The molecule has 6 heteroatoms. The first-order chi connectivity index (χ1) is 11.7. The SMILES string of the molecule is C#Cc1ccc(F)c([C@@]2(C)N=C(N)S[C@]3(C(OC)N(C)C)[C@H]2[C@@H]3C)c1. The second-order valence-electron chi connectivity index (χ2n) is 7.21. The van der Waals surface area contributed by atoms with E-state index in [1.807, 2.05) is 25.9 Å². The summed E-state index contributed by atoms with van der Waals surface area (Å²) in [5, 5.41) is 0.456. The number of amidine groups is 1. The van der Waals surface area contributed by atoms with E-state index in [0.717, 1.165) is 0 Å². The molecule has 1 aliphatic carbocycles. The molecule has 1 aliphatic heterocycles. The van der Waals surface area contributed by atoms with Gasteiger partial charge in [0, 0.05) is 24.2 Å². The molecule has 1 saturated carbocycles. The molecule has 0 bridgehead atoms. The minimum absolute atomic E-state index is 0.0900. The fraction of sp³-hybridized carbons (Fsp3) is 0.526. The Morgan fingerprint density at radius 3 is 2.72 bits per heavy atom. The highest BCUT2D eigenvalue weighted by Gasteiger charge is 2.76. The van der Waals surface area contributed by atoms with Crippen LogP contribution in [0.5, 0.6) is 0 Å². The quantitative estimate of drug-likeness (QED) is 0.662. The summed E-state index contributed by atoms with van der Waals surface area (Å²) in [5.74, 6) is 2.62. The van der Waals surface area contributed by atoms with E-state index < -0.39 is 5.54 Å². The average molecular weight is 361 g/mol. The van der Waals surface area contributed by atoms with Crippen molar-refractivity contribution in [3.05, 3.63) is 35.1 Å². The van der Waals surface area contributed by atoms with E-state index in [9.17, 15) is 4.39 Å². The number of ether oxygens (including phenoxy) is 1. The number of nitrogens with zero attached hydrogens (tertiary/aromatic N) is 2. The van der Waals surface area contributed by atoms with E-state index in [4.69, 9.17) is 16.9 Å². The molecule has 0 radical (unpaired) electrons. The van der Waals surface area contributed by atoms with Gasteiger partial charge in [0.1, 0.15) is 12.0 Å². The van der Waals surface area contributed by atoms with Crippen LogP contribution >= 0.6 is 11.8 Å². The Balaban J connectivity index is 2.15. The molecule has 2 aliphatic rings. The molecule has 2 N–H and O–H groups in total. The normalized spacial score (nSPS) is 34.9. The third kappa shape index (κ3) is 2.49. The number of benzene rings is 1. The third-order valence-corrected chi connectivity index (χ3v) is 7.06. The zero-order valence-electron chi connectivity index (χ0n) is 15.2. The number of hydrogen-bond acceptors (Lipinski definition) is 5. The van der Waals surface area contributed by atoms with Gasteiger partial charge in [-0.25, -0.2) is 4.39 Å². The predicted molar refractivity (Wildman–Crippen MR) is 101 cm³/mol. The molecule has 0 saturated heterocycles. The highest BCUT2D eigenvalue weighted by atomic mass is 32.2. The van der Waals surface area contributed by atoms with Crippen molar-refractivity contribution in [1.29, 1.82) is 0 Å². The van der Waals surface area contributed by atoms with Crippen LogP contribution in [0.15, 0.2) is 23.2 Å². The second kappa shape index (κ2) is 6.01. The number of halogens is 1. The van der Waals surface area contributed by atoms with Crippen LogP contribution in [0.4, 0.5) is 4.39 Å². The zero-order valence-corrected chi connectivity index (χ0v) is 16.0. The lowest BCUT2D eigenvalue weighted by molar-refractivity contribution is -0.0175. The Bertz CT molecular complexity index is 774. The summed E-state index contributed by atoms with van der Waals surface area (Å²) in [5.41, 5.74) is 6.56. The number of methoxy groups -OCH3 is 1. The number of nitrogens with two attached hydrogens (primary N) is 1. The van der Waals surface area contributed by atoms with Gasteiger partial charge in [0.25, 0.3) is 0 Å². The van der Waals surface area contributed by atoms with Gasteiger partial charge < -0.3 is 10.5 Å². The minimum atomic E-state index is -0.779. The topological polar surface area (TPSA) is 50.9 Å². The Hall–Kier alpha value is -1.55. The van der Waals surface area contributed by atoms with Crippen LogP contribution in [0.3, 0.4) is 0 Å². The number of hydrogen-bond donors (Lipinski definition) is 1. The van der Waals surface area contributed by atoms with Crippen LogP contribution < -0.4 is 5.73 Å². The molecule has 1 aromatic carbocycles. The van der Waals surface area contributed by atoms with Gasteiger partial charge >= 0.3 is 0 Å². The van der Waals surface area contributed by atoms with Gasteiger partial charge in [-0.15, -0.1) is 6.42 Å². The molecule has 1 fully saturated rings. The number of thioether (sulfide) groups is 1. The molecule has 5 atom stereocenters. The number of aliphatic imine (C=N–C) groups is 1. The first-order valence-corrected chi connectivity index (χ1v) is 9.04. The Kier molecular flexibility index (Phi) is 4.39. The van der Waals surface area contributed by atoms with E-state index >= 15 is 0 Å². The number of fused-ring (bicyclic) bond motifs is 1. The number of rotatable bonds is 4. The van der Waals surface area contributed by atoms with E-state index in [1.54, 1.807) is 31.0 Å². The molecular weight excluding hydrogens is 337 g/mol.